The quantitative estimate of drug-likeness (QED) is 0.540. The molecule has 1 aliphatic rings. The number of hydrogen-bond acceptors (Lipinski definition) is 4. The number of H-pyrrole nitrogens is 1. The van der Waals surface area contributed by atoms with Gasteiger partial charge in [0, 0.05) is 17.2 Å². The lowest BCUT2D eigenvalue weighted by Gasteiger charge is -2.11. The first-order valence-corrected chi connectivity index (χ1v) is 11.0. The molecule has 1 saturated carbocycles. The number of anilines is 1. The largest absolute Gasteiger partial charge is 0.501 e. The molecule has 11 heteroatoms. The molecule has 2 aromatic carbocycles. The molecule has 3 aromatic rings. The Morgan fingerprint density at radius 3 is 2.32 bits per heavy atom. The molecule has 1 fully saturated rings. The predicted molar refractivity (Wildman–Crippen MR) is 109 cm³/mol. The van der Waals surface area contributed by atoms with Crippen LogP contribution in [0.3, 0.4) is 0 Å². The Morgan fingerprint density at radius 2 is 1.74 bits per heavy atom. The summed E-state index contributed by atoms with van der Waals surface area (Å²) in [6, 6.07) is 10.7. The molecule has 6 nitrogen and oxygen atoms in total. The Labute approximate surface area is 180 Å². The zero-order valence-corrected chi connectivity index (χ0v) is 17.3. The van der Waals surface area contributed by atoms with Gasteiger partial charge in [-0.15, -0.1) is 0 Å². The van der Waals surface area contributed by atoms with Gasteiger partial charge in [0.05, 0.1) is 21.2 Å². The van der Waals surface area contributed by atoms with Crippen LogP contribution >= 0.6 is 11.6 Å². The first kappa shape index (κ1) is 21.4. The molecule has 0 radical (unpaired) electrons. The van der Waals surface area contributed by atoms with Crippen LogP contribution in [0.2, 0.25) is 5.02 Å². The van der Waals surface area contributed by atoms with Gasteiger partial charge in [-0.2, -0.15) is 18.3 Å². The van der Waals surface area contributed by atoms with Gasteiger partial charge in [0.1, 0.15) is 5.69 Å². The summed E-state index contributed by atoms with van der Waals surface area (Å²) in [5.41, 5.74) is -3.40. The van der Waals surface area contributed by atoms with Gasteiger partial charge in [-0.05, 0) is 43.2 Å². The van der Waals surface area contributed by atoms with E-state index in [1.165, 1.54) is 0 Å². The number of aromatic amines is 1. The normalized spacial score (nSPS) is 14.5. The number of nitrogens with one attached hydrogen (secondary N) is 2. The fourth-order valence-corrected chi connectivity index (χ4v) is 4.13. The number of sulfone groups is 1. The summed E-state index contributed by atoms with van der Waals surface area (Å²) in [5, 5.41) is 10.2. The Hall–Kier alpha value is -2.85. The van der Waals surface area contributed by atoms with E-state index in [4.69, 9.17) is 11.6 Å². The number of nitrogens with zero attached hydrogens (tertiary/aromatic N) is 1. The minimum atomic E-state index is -5.46. The number of hydrogen-bond donors (Lipinski definition) is 2. The van der Waals surface area contributed by atoms with Crippen molar-refractivity contribution in [1.29, 1.82) is 0 Å². The van der Waals surface area contributed by atoms with Gasteiger partial charge in [0.2, 0.25) is 0 Å². The molecule has 0 aliphatic heterocycles. The minimum Gasteiger partial charge on any atom is -0.322 e. The third-order valence-electron chi connectivity index (χ3n) is 4.86. The number of rotatable bonds is 5. The van der Waals surface area contributed by atoms with Crippen molar-refractivity contribution in [3.05, 3.63) is 64.8 Å². The van der Waals surface area contributed by atoms with Crippen LogP contribution in [0.15, 0.2) is 53.4 Å². The van der Waals surface area contributed by atoms with Gasteiger partial charge < -0.3 is 5.32 Å². The molecule has 2 N–H and O–H groups in total. The molecular formula is C20H15ClF3N3O3S. The third kappa shape index (κ3) is 4.05. The maximum atomic E-state index is 13.1. The van der Waals surface area contributed by atoms with Gasteiger partial charge >= 0.3 is 5.51 Å². The van der Waals surface area contributed by atoms with E-state index >= 15 is 0 Å². The smallest absolute Gasteiger partial charge is 0.322 e. The van der Waals surface area contributed by atoms with Crippen molar-refractivity contribution in [2.24, 2.45) is 0 Å². The lowest BCUT2D eigenvalue weighted by Crippen LogP contribution is -2.23. The summed E-state index contributed by atoms with van der Waals surface area (Å²) in [6.45, 7) is 0. The topological polar surface area (TPSA) is 91.9 Å². The SMILES string of the molecule is O=C(Nc1ccc(S(=O)(=O)C(F)(F)F)cc1)c1c(-c2ccccc2Cl)n[nH]c1C1CC1. The highest BCUT2D eigenvalue weighted by Gasteiger charge is 2.46. The monoisotopic (exact) mass is 469 g/mol. The van der Waals surface area contributed by atoms with Crippen molar-refractivity contribution in [2.45, 2.75) is 29.2 Å². The minimum absolute atomic E-state index is 0.138. The predicted octanol–water partition coefficient (Wildman–Crippen LogP) is 5.15. The number of aromatic nitrogens is 2. The zero-order valence-electron chi connectivity index (χ0n) is 15.7. The average Bonchev–Trinajstić information content (AvgIpc) is 3.46. The van der Waals surface area contributed by atoms with Crippen molar-refractivity contribution in [3.63, 3.8) is 0 Å². The van der Waals surface area contributed by atoms with E-state index in [1.807, 2.05) is 0 Å². The summed E-state index contributed by atoms with van der Waals surface area (Å²) in [6.07, 6.45) is 1.79. The second-order valence-electron chi connectivity index (χ2n) is 7.04. The van der Waals surface area contributed by atoms with Crippen molar-refractivity contribution in [2.75, 3.05) is 5.32 Å². The van der Waals surface area contributed by atoms with Gasteiger partial charge in [-0.25, -0.2) is 8.42 Å². The molecular weight excluding hydrogens is 455 g/mol. The molecule has 162 valence electrons. The lowest BCUT2D eigenvalue weighted by atomic mass is 10.0. The van der Waals surface area contributed by atoms with E-state index in [9.17, 15) is 26.4 Å². The highest BCUT2D eigenvalue weighted by atomic mass is 35.5. The number of benzene rings is 2. The molecule has 1 heterocycles. The van der Waals surface area contributed by atoms with Crippen LogP contribution < -0.4 is 5.32 Å². The highest BCUT2D eigenvalue weighted by molar-refractivity contribution is 7.92. The van der Waals surface area contributed by atoms with Crippen molar-refractivity contribution in [3.8, 4) is 11.3 Å². The van der Waals surface area contributed by atoms with Gasteiger partial charge in [0.15, 0.2) is 0 Å². The molecule has 0 unspecified atom stereocenters. The second-order valence-corrected chi connectivity index (χ2v) is 9.39. The van der Waals surface area contributed by atoms with Crippen LogP contribution in [0.1, 0.15) is 34.8 Å². The summed E-state index contributed by atoms with van der Waals surface area (Å²) < 4.78 is 61.1. The second kappa shape index (κ2) is 7.69. The van der Waals surface area contributed by atoms with E-state index < -0.39 is 26.1 Å². The Morgan fingerprint density at radius 1 is 1.10 bits per heavy atom. The van der Waals surface area contributed by atoms with Crippen molar-refractivity contribution >= 4 is 33.0 Å². The van der Waals surface area contributed by atoms with E-state index in [2.05, 4.69) is 15.5 Å². The molecule has 1 aromatic heterocycles. The first-order valence-electron chi connectivity index (χ1n) is 9.15. The number of carbonyl (C=O) groups is 1. The molecule has 0 atom stereocenters. The molecule has 4 rings (SSSR count). The van der Waals surface area contributed by atoms with E-state index in [0.717, 1.165) is 37.1 Å². The maximum absolute atomic E-state index is 13.1. The Bertz CT molecular complexity index is 1250. The molecule has 31 heavy (non-hydrogen) atoms. The summed E-state index contributed by atoms with van der Waals surface area (Å²) in [5.74, 6) is -0.374. The van der Waals surface area contributed by atoms with Gasteiger partial charge in [-0.1, -0.05) is 29.8 Å². The van der Waals surface area contributed by atoms with Crippen LogP contribution in [0, 0.1) is 0 Å². The molecule has 1 amide bonds. The summed E-state index contributed by atoms with van der Waals surface area (Å²) in [4.78, 5) is 12.2. The molecule has 0 saturated heterocycles. The Kier molecular flexibility index (Phi) is 5.30. The number of alkyl halides is 3. The molecule has 1 aliphatic carbocycles. The highest BCUT2D eigenvalue weighted by Crippen LogP contribution is 2.43. The standard InChI is InChI=1S/C20H15ClF3N3O3S/c21-15-4-2-1-3-14(15)18-16(17(26-27-18)11-5-6-11)19(28)25-12-7-9-13(10-8-12)31(29,30)20(22,23)24/h1-4,7-11H,5-6H2,(H,25,28)(H,26,27). The van der Waals surface area contributed by atoms with Crippen molar-refractivity contribution in [1.82, 2.24) is 10.2 Å². The van der Waals surface area contributed by atoms with Crippen molar-refractivity contribution < 1.29 is 26.4 Å². The van der Waals surface area contributed by atoms with E-state index in [-0.39, 0.29) is 11.6 Å². The fourth-order valence-electron chi connectivity index (χ4n) is 3.15. The lowest BCUT2D eigenvalue weighted by molar-refractivity contribution is -0.0436. The van der Waals surface area contributed by atoms with E-state index in [1.54, 1.807) is 24.3 Å². The van der Waals surface area contributed by atoms with Crippen LogP contribution in [-0.4, -0.2) is 30.0 Å². The van der Waals surface area contributed by atoms with Crippen LogP contribution in [0.4, 0.5) is 18.9 Å². The number of halogens is 4. The molecule has 0 bridgehead atoms. The van der Waals surface area contributed by atoms with Crippen LogP contribution in [0.5, 0.6) is 0 Å². The molecule has 0 spiro atoms. The van der Waals surface area contributed by atoms with Crippen LogP contribution in [0.25, 0.3) is 11.3 Å². The zero-order chi connectivity index (χ0) is 22.4. The maximum Gasteiger partial charge on any atom is 0.501 e. The Balaban J connectivity index is 1.65. The fraction of sp³-hybridized carbons (Fsp3) is 0.200. The summed E-state index contributed by atoms with van der Waals surface area (Å²) >= 11 is 6.26. The average molecular weight is 470 g/mol. The number of amides is 1. The van der Waals surface area contributed by atoms with Crippen LogP contribution in [-0.2, 0) is 9.84 Å². The third-order valence-corrected chi connectivity index (χ3v) is 6.69. The summed E-state index contributed by atoms with van der Waals surface area (Å²) in [7, 11) is -5.46. The number of carbonyl (C=O) groups excluding carboxylic acids is 1. The first-order chi connectivity index (χ1) is 14.6. The van der Waals surface area contributed by atoms with Gasteiger partial charge in [-0.3, -0.25) is 9.89 Å². The van der Waals surface area contributed by atoms with E-state index in [0.29, 0.717) is 27.5 Å². The van der Waals surface area contributed by atoms with Gasteiger partial charge in [0.25, 0.3) is 15.7 Å².